The number of carbonyl (C=O) groups is 1. The minimum absolute atomic E-state index is 0.00456. The molecular formula is C17H18N2O4S. The zero-order valence-electron chi connectivity index (χ0n) is 13.2. The van der Waals surface area contributed by atoms with Gasteiger partial charge in [-0.2, -0.15) is 0 Å². The maximum absolute atomic E-state index is 12.3. The molecule has 2 aromatic rings. The fourth-order valence-corrected chi connectivity index (χ4v) is 3.68. The minimum atomic E-state index is -3.46. The number of rotatable bonds is 5. The molecule has 0 aromatic heterocycles. The van der Waals surface area contributed by atoms with Crippen molar-refractivity contribution >= 4 is 21.6 Å². The summed E-state index contributed by atoms with van der Waals surface area (Å²) in [7, 11) is -3.46. The first-order valence-electron chi connectivity index (χ1n) is 7.50. The van der Waals surface area contributed by atoms with Crippen LogP contribution in [0.3, 0.4) is 0 Å². The molecule has 1 aliphatic heterocycles. The second kappa shape index (κ2) is 6.62. The monoisotopic (exact) mass is 346 g/mol. The predicted molar refractivity (Wildman–Crippen MR) is 91.2 cm³/mol. The van der Waals surface area contributed by atoms with Crippen LogP contribution in [0.2, 0.25) is 0 Å². The van der Waals surface area contributed by atoms with Crippen molar-refractivity contribution in [3.63, 3.8) is 0 Å². The van der Waals surface area contributed by atoms with Crippen molar-refractivity contribution in [2.45, 2.75) is 19.2 Å². The first-order chi connectivity index (χ1) is 11.4. The first-order valence-corrected chi connectivity index (χ1v) is 9.15. The number of fused-ring (bicyclic) bond motifs is 1. The van der Waals surface area contributed by atoms with Crippen LogP contribution in [0.15, 0.2) is 42.5 Å². The number of benzene rings is 2. The molecule has 6 nitrogen and oxygen atoms in total. The lowest BCUT2D eigenvalue weighted by Crippen LogP contribution is -2.27. The van der Waals surface area contributed by atoms with Crippen LogP contribution in [0.4, 0.5) is 5.69 Å². The van der Waals surface area contributed by atoms with Crippen LogP contribution in [0, 0.1) is 6.92 Å². The van der Waals surface area contributed by atoms with Gasteiger partial charge in [0.05, 0.1) is 11.4 Å². The third kappa shape index (κ3) is 3.93. The summed E-state index contributed by atoms with van der Waals surface area (Å²) in [6.45, 7) is 2.03. The van der Waals surface area contributed by atoms with Gasteiger partial charge < -0.3 is 10.1 Å². The summed E-state index contributed by atoms with van der Waals surface area (Å²) in [6.07, 6.45) is 0. The van der Waals surface area contributed by atoms with Crippen LogP contribution >= 0.6 is 0 Å². The average Bonchev–Trinajstić information content (AvgIpc) is 2.54. The molecule has 1 amide bonds. The van der Waals surface area contributed by atoms with Crippen molar-refractivity contribution in [1.29, 1.82) is 0 Å². The Bertz CT molecular complexity index is 878. The second-order valence-corrected chi connectivity index (χ2v) is 7.48. The standard InChI is InChI=1S/C17H18N2O4S/c1-12-4-2-3-5-14(12)11-24(21,22)18-9-13-6-7-16-15(8-13)19-17(20)10-23-16/h2-8,18H,9-11H2,1H3,(H,19,20). The summed E-state index contributed by atoms with van der Waals surface area (Å²) in [5.41, 5.74) is 3.02. The highest BCUT2D eigenvalue weighted by Crippen LogP contribution is 2.28. The second-order valence-electron chi connectivity index (χ2n) is 5.67. The maximum Gasteiger partial charge on any atom is 0.262 e. The minimum Gasteiger partial charge on any atom is -0.482 e. The highest BCUT2D eigenvalue weighted by molar-refractivity contribution is 7.88. The van der Waals surface area contributed by atoms with E-state index in [1.54, 1.807) is 24.3 Å². The van der Waals surface area contributed by atoms with Crippen molar-refractivity contribution < 1.29 is 17.9 Å². The van der Waals surface area contributed by atoms with Crippen LogP contribution in [0.25, 0.3) is 0 Å². The molecule has 7 heteroatoms. The van der Waals surface area contributed by atoms with Crippen LogP contribution in [0.1, 0.15) is 16.7 Å². The van der Waals surface area contributed by atoms with E-state index in [2.05, 4.69) is 10.0 Å². The molecule has 0 radical (unpaired) electrons. The number of amides is 1. The van der Waals surface area contributed by atoms with Gasteiger partial charge in [0, 0.05) is 6.54 Å². The molecule has 3 rings (SSSR count). The number of hydrogen-bond acceptors (Lipinski definition) is 4. The van der Waals surface area contributed by atoms with E-state index < -0.39 is 10.0 Å². The van der Waals surface area contributed by atoms with E-state index in [4.69, 9.17) is 4.74 Å². The first kappa shape index (κ1) is 16.5. The van der Waals surface area contributed by atoms with E-state index in [9.17, 15) is 13.2 Å². The highest BCUT2D eigenvalue weighted by atomic mass is 32.2. The number of nitrogens with one attached hydrogen (secondary N) is 2. The molecule has 0 aliphatic carbocycles. The van der Waals surface area contributed by atoms with E-state index >= 15 is 0 Å². The highest BCUT2D eigenvalue weighted by Gasteiger charge is 2.17. The normalized spacial score (nSPS) is 13.8. The Morgan fingerprint density at radius 3 is 2.79 bits per heavy atom. The molecule has 0 saturated heterocycles. The van der Waals surface area contributed by atoms with Gasteiger partial charge in [-0.15, -0.1) is 0 Å². The van der Waals surface area contributed by atoms with Crippen LogP contribution in [-0.2, 0) is 27.1 Å². The zero-order valence-corrected chi connectivity index (χ0v) is 14.0. The van der Waals surface area contributed by atoms with Crippen molar-refractivity contribution in [3.8, 4) is 5.75 Å². The van der Waals surface area contributed by atoms with E-state index in [-0.39, 0.29) is 24.8 Å². The Morgan fingerprint density at radius 2 is 2.00 bits per heavy atom. The van der Waals surface area contributed by atoms with E-state index in [0.29, 0.717) is 11.4 Å². The number of aryl methyl sites for hydroxylation is 1. The van der Waals surface area contributed by atoms with Crippen molar-refractivity contribution in [2.24, 2.45) is 0 Å². The van der Waals surface area contributed by atoms with Gasteiger partial charge in [0.2, 0.25) is 10.0 Å². The topological polar surface area (TPSA) is 84.5 Å². The molecule has 0 spiro atoms. The van der Waals surface area contributed by atoms with E-state index in [1.807, 2.05) is 25.1 Å². The molecular weight excluding hydrogens is 328 g/mol. The van der Waals surface area contributed by atoms with Gasteiger partial charge in [0.15, 0.2) is 6.61 Å². The number of anilines is 1. The third-order valence-electron chi connectivity index (χ3n) is 3.78. The molecule has 1 aliphatic rings. The fourth-order valence-electron chi connectivity index (χ4n) is 2.46. The van der Waals surface area contributed by atoms with Gasteiger partial charge in [-0.3, -0.25) is 4.79 Å². The molecule has 0 atom stereocenters. The average molecular weight is 346 g/mol. The summed E-state index contributed by atoms with van der Waals surface area (Å²) < 4.78 is 32.4. The maximum atomic E-state index is 12.3. The Morgan fingerprint density at radius 1 is 1.21 bits per heavy atom. The summed E-state index contributed by atoms with van der Waals surface area (Å²) >= 11 is 0. The molecule has 126 valence electrons. The molecule has 0 bridgehead atoms. The number of hydrogen-bond donors (Lipinski definition) is 2. The lowest BCUT2D eigenvalue weighted by molar-refractivity contribution is -0.118. The van der Waals surface area contributed by atoms with Crippen molar-refractivity contribution in [2.75, 3.05) is 11.9 Å². The van der Waals surface area contributed by atoms with Crippen LogP contribution in [-0.4, -0.2) is 20.9 Å². The largest absolute Gasteiger partial charge is 0.482 e. The van der Waals surface area contributed by atoms with Crippen molar-refractivity contribution in [3.05, 3.63) is 59.2 Å². The van der Waals surface area contributed by atoms with Gasteiger partial charge in [0.25, 0.3) is 5.91 Å². The van der Waals surface area contributed by atoms with Gasteiger partial charge >= 0.3 is 0 Å². The predicted octanol–water partition coefficient (Wildman–Crippen LogP) is 1.95. The lowest BCUT2D eigenvalue weighted by Gasteiger charge is -2.18. The third-order valence-corrected chi connectivity index (χ3v) is 5.06. The van der Waals surface area contributed by atoms with Gasteiger partial charge in [-0.1, -0.05) is 30.3 Å². The summed E-state index contributed by atoms with van der Waals surface area (Å²) in [4.78, 5) is 11.3. The van der Waals surface area contributed by atoms with E-state index in [0.717, 1.165) is 16.7 Å². The Hall–Kier alpha value is -2.38. The van der Waals surface area contributed by atoms with Crippen molar-refractivity contribution in [1.82, 2.24) is 4.72 Å². The van der Waals surface area contributed by atoms with E-state index in [1.165, 1.54) is 0 Å². The Labute approximate surface area is 140 Å². The SMILES string of the molecule is Cc1ccccc1CS(=O)(=O)NCc1ccc2c(c1)NC(=O)CO2. The molecule has 0 fully saturated rings. The molecule has 2 aromatic carbocycles. The van der Waals surface area contributed by atoms with Crippen LogP contribution in [0.5, 0.6) is 5.75 Å². The summed E-state index contributed by atoms with van der Waals surface area (Å²) in [5.74, 6) is 0.297. The zero-order chi connectivity index (χ0) is 17.2. The fraction of sp³-hybridized carbons (Fsp3) is 0.235. The number of carbonyl (C=O) groups excluding carboxylic acids is 1. The van der Waals surface area contributed by atoms with Crippen LogP contribution < -0.4 is 14.8 Å². The van der Waals surface area contributed by atoms with Gasteiger partial charge in [-0.25, -0.2) is 13.1 Å². The Balaban J connectivity index is 1.68. The number of ether oxygens (including phenoxy) is 1. The summed E-state index contributed by atoms with van der Waals surface area (Å²) in [6, 6.07) is 12.6. The summed E-state index contributed by atoms with van der Waals surface area (Å²) in [5, 5.41) is 2.70. The Kier molecular flexibility index (Phi) is 4.55. The molecule has 2 N–H and O–H groups in total. The number of sulfonamides is 1. The molecule has 24 heavy (non-hydrogen) atoms. The smallest absolute Gasteiger partial charge is 0.262 e. The molecule has 0 unspecified atom stereocenters. The lowest BCUT2D eigenvalue weighted by atomic mass is 10.1. The van der Waals surface area contributed by atoms with Gasteiger partial charge in [0.1, 0.15) is 5.75 Å². The quantitative estimate of drug-likeness (QED) is 0.867. The molecule has 0 saturated carbocycles. The van der Waals surface area contributed by atoms with Gasteiger partial charge in [-0.05, 0) is 35.7 Å². The molecule has 1 heterocycles.